The highest BCUT2D eigenvalue weighted by Crippen LogP contribution is 2.29. The highest BCUT2D eigenvalue weighted by Gasteiger charge is 2.30. The van der Waals surface area contributed by atoms with Gasteiger partial charge in [0.15, 0.2) is 0 Å². The van der Waals surface area contributed by atoms with Crippen LogP contribution in [0.2, 0.25) is 10.1 Å². The maximum atomic E-state index is 12.1. The van der Waals surface area contributed by atoms with Crippen LogP contribution in [0.15, 0.2) is 47.3 Å². The standard InChI is InChI=1S/C22H27ClN4O4Si/c1-21(2,3)32-31-22(4,5)19-25-17(14-29-19)12-27-11-16(10-24-27)26-20(28)30-13-15-8-6-7-9-18(15)23/h6-11,14H,12-13H2,1-5H3,(H,26,28). The second kappa shape index (κ2) is 9.89. The molecule has 1 amide bonds. The second-order valence-corrected chi connectivity index (χ2v) is 11.1. The number of hydrogen-bond donors (Lipinski definition) is 1. The molecule has 3 rings (SSSR count). The van der Waals surface area contributed by atoms with Crippen LogP contribution < -0.4 is 5.32 Å². The van der Waals surface area contributed by atoms with Gasteiger partial charge in [-0.3, -0.25) is 10.00 Å². The van der Waals surface area contributed by atoms with Gasteiger partial charge in [0.2, 0.25) is 15.7 Å². The van der Waals surface area contributed by atoms with Gasteiger partial charge in [-0.15, -0.1) is 0 Å². The molecule has 0 aliphatic heterocycles. The lowest BCUT2D eigenvalue weighted by Gasteiger charge is -2.26. The molecule has 3 aromatic rings. The van der Waals surface area contributed by atoms with E-state index in [-0.39, 0.29) is 11.6 Å². The van der Waals surface area contributed by atoms with E-state index >= 15 is 0 Å². The zero-order chi connectivity index (χ0) is 23.4. The average molecular weight is 475 g/mol. The summed E-state index contributed by atoms with van der Waals surface area (Å²) in [7, 11) is 0.314. The van der Waals surface area contributed by atoms with Gasteiger partial charge in [-0.05, 0) is 25.0 Å². The van der Waals surface area contributed by atoms with Crippen molar-refractivity contribution in [2.24, 2.45) is 0 Å². The van der Waals surface area contributed by atoms with Crippen molar-refractivity contribution in [3.8, 4) is 0 Å². The fraction of sp³-hybridized carbons (Fsp3) is 0.409. The zero-order valence-corrected chi connectivity index (χ0v) is 20.6. The van der Waals surface area contributed by atoms with Crippen LogP contribution in [0, 0.1) is 0 Å². The van der Waals surface area contributed by atoms with E-state index in [4.69, 9.17) is 25.2 Å². The Hall–Kier alpha value is -2.62. The fourth-order valence-electron chi connectivity index (χ4n) is 2.57. The van der Waals surface area contributed by atoms with Gasteiger partial charge in [0.1, 0.15) is 24.2 Å². The van der Waals surface area contributed by atoms with E-state index in [1.54, 1.807) is 29.3 Å². The van der Waals surface area contributed by atoms with E-state index < -0.39 is 11.7 Å². The molecule has 1 aromatic carbocycles. The smallest absolute Gasteiger partial charge is 0.412 e. The molecule has 0 bridgehead atoms. The van der Waals surface area contributed by atoms with Crippen molar-refractivity contribution in [2.75, 3.05) is 5.32 Å². The number of aromatic nitrogens is 3. The summed E-state index contributed by atoms with van der Waals surface area (Å²) in [6.45, 7) is 10.7. The Labute approximate surface area is 195 Å². The first kappa shape index (κ1) is 24.0. The predicted octanol–water partition coefficient (Wildman–Crippen LogP) is 5.41. The summed E-state index contributed by atoms with van der Waals surface area (Å²) in [4.78, 5) is 16.6. The molecule has 2 radical (unpaired) electrons. The highest BCUT2D eigenvalue weighted by atomic mass is 35.5. The Kier molecular flexibility index (Phi) is 7.42. The molecule has 2 heterocycles. The van der Waals surface area contributed by atoms with Gasteiger partial charge >= 0.3 is 6.09 Å². The minimum absolute atomic E-state index is 0.0691. The highest BCUT2D eigenvalue weighted by molar-refractivity contribution is 6.32. The maximum absolute atomic E-state index is 12.1. The van der Waals surface area contributed by atoms with Crippen LogP contribution in [0.1, 0.15) is 51.8 Å². The Morgan fingerprint density at radius 3 is 2.72 bits per heavy atom. The van der Waals surface area contributed by atoms with Gasteiger partial charge in [-0.25, -0.2) is 9.78 Å². The Balaban J connectivity index is 1.53. The van der Waals surface area contributed by atoms with E-state index in [0.29, 0.717) is 38.6 Å². The van der Waals surface area contributed by atoms with Crippen LogP contribution in [0.3, 0.4) is 0 Å². The number of anilines is 1. The lowest BCUT2D eigenvalue weighted by atomic mass is 10.1. The molecule has 10 heteroatoms. The number of rotatable bonds is 8. The molecule has 0 aliphatic carbocycles. The quantitative estimate of drug-likeness (QED) is 0.439. The summed E-state index contributed by atoms with van der Waals surface area (Å²) >= 11 is 6.07. The van der Waals surface area contributed by atoms with Crippen molar-refractivity contribution in [3.63, 3.8) is 0 Å². The minimum atomic E-state index is -0.633. The van der Waals surface area contributed by atoms with Gasteiger partial charge in [-0.1, -0.05) is 50.6 Å². The molecule has 0 fully saturated rings. The summed E-state index contributed by atoms with van der Waals surface area (Å²) in [5, 5.41) is 7.52. The monoisotopic (exact) mass is 474 g/mol. The first-order valence-electron chi connectivity index (χ1n) is 10.1. The summed E-state index contributed by atoms with van der Waals surface area (Å²) in [6, 6.07) is 7.20. The predicted molar refractivity (Wildman–Crippen MR) is 123 cm³/mol. The number of amides is 1. The molecular formula is C22H27ClN4O4Si. The van der Waals surface area contributed by atoms with Gasteiger partial charge in [0.05, 0.1) is 18.4 Å². The van der Waals surface area contributed by atoms with Crippen LogP contribution in [0.25, 0.3) is 0 Å². The molecule has 0 saturated carbocycles. The summed E-state index contributed by atoms with van der Waals surface area (Å²) in [5.41, 5.74) is 1.31. The molecule has 1 N–H and O–H groups in total. The number of carbonyl (C=O) groups excluding carboxylic acids is 1. The molecule has 0 spiro atoms. The van der Waals surface area contributed by atoms with Crippen molar-refractivity contribution in [1.82, 2.24) is 14.8 Å². The van der Waals surface area contributed by atoms with Crippen molar-refractivity contribution in [2.45, 2.75) is 58.4 Å². The van der Waals surface area contributed by atoms with E-state index in [2.05, 4.69) is 36.2 Å². The first-order valence-corrected chi connectivity index (χ1v) is 11.4. The molecule has 0 saturated heterocycles. The minimum Gasteiger partial charge on any atom is -0.446 e. The normalized spacial score (nSPS) is 12.1. The topological polar surface area (TPSA) is 91.4 Å². The molecule has 0 atom stereocenters. The Morgan fingerprint density at radius 1 is 1.25 bits per heavy atom. The molecule has 2 aromatic heterocycles. The molecule has 170 valence electrons. The maximum Gasteiger partial charge on any atom is 0.412 e. The zero-order valence-electron chi connectivity index (χ0n) is 18.8. The Bertz CT molecular complexity index is 1060. The SMILES string of the molecule is CC(C)(C)[Si]OC(C)(C)c1nc(Cn2cc(NC(=O)OCc3ccccc3Cl)cn2)co1. The number of nitrogens with zero attached hydrogens (tertiary/aromatic N) is 3. The average Bonchev–Trinajstić information content (AvgIpc) is 3.36. The Morgan fingerprint density at radius 2 is 2.00 bits per heavy atom. The van der Waals surface area contributed by atoms with E-state index in [9.17, 15) is 4.79 Å². The molecule has 32 heavy (non-hydrogen) atoms. The molecule has 0 unspecified atom stereocenters. The van der Waals surface area contributed by atoms with Crippen LogP contribution >= 0.6 is 11.6 Å². The third kappa shape index (κ3) is 6.94. The summed E-state index contributed by atoms with van der Waals surface area (Å²) < 4.78 is 18.5. The molecular weight excluding hydrogens is 448 g/mol. The first-order chi connectivity index (χ1) is 15.0. The van der Waals surface area contributed by atoms with E-state index in [1.807, 2.05) is 26.0 Å². The number of benzene rings is 1. The fourth-order valence-corrected chi connectivity index (χ4v) is 3.41. The van der Waals surface area contributed by atoms with Gasteiger partial charge in [0, 0.05) is 16.8 Å². The van der Waals surface area contributed by atoms with E-state index in [0.717, 1.165) is 5.56 Å². The number of nitrogens with one attached hydrogen (secondary N) is 1. The van der Waals surface area contributed by atoms with Crippen molar-refractivity contribution in [3.05, 3.63) is 65.1 Å². The van der Waals surface area contributed by atoms with E-state index in [1.165, 1.54) is 6.20 Å². The van der Waals surface area contributed by atoms with Crippen LogP contribution in [0.5, 0.6) is 0 Å². The van der Waals surface area contributed by atoms with Crippen molar-refractivity contribution >= 4 is 33.1 Å². The lowest BCUT2D eigenvalue weighted by Crippen LogP contribution is -2.28. The summed E-state index contributed by atoms with van der Waals surface area (Å²) in [5.74, 6) is 0.512. The van der Waals surface area contributed by atoms with Crippen molar-refractivity contribution < 1.29 is 18.4 Å². The number of carbonyl (C=O) groups is 1. The van der Waals surface area contributed by atoms with Crippen molar-refractivity contribution in [1.29, 1.82) is 0 Å². The van der Waals surface area contributed by atoms with Gasteiger partial charge in [0.25, 0.3) is 0 Å². The van der Waals surface area contributed by atoms with Gasteiger partial charge in [-0.2, -0.15) is 5.10 Å². The third-order valence-electron chi connectivity index (χ3n) is 4.20. The van der Waals surface area contributed by atoms with Crippen LogP contribution in [-0.2, 0) is 27.9 Å². The summed E-state index contributed by atoms with van der Waals surface area (Å²) in [6.07, 6.45) is 4.22. The second-order valence-electron chi connectivity index (χ2n) is 8.83. The van der Waals surface area contributed by atoms with Crippen LogP contribution in [0.4, 0.5) is 10.5 Å². The van der Waals surface area contributed by atoms with Crippen LogP contribution in [-0.4, -0.2) is 30.6 Å². The lowest BCUT2D eigenvalue weighted by molar-refractivity contribution is 0.0766. The van der Waals surface area contributed by atoms with Gasteiger partial charge < -0.3 is 13.6 Å². The number of ether oxygens (including phenoxy) is 1. The largest absolute Gasteiger partial charge is 0.446 e. The third-order valence-corrected chi connectivity index (χ3v) is 5.79. The number of oxazole rings is 1. The molecule has 0 aliphatic rings. The number of halogens is 1. The number of hydrogen-bond acceptors (Lipinski definition) is 6. The molecule has 8 nitrogen and oxygen atoms in total.